The van der Waals surface area contributed by atoms with Gasteiger partial charge in [0.25, 0.3) is 0 Å². The molecule has 0 saturated heterocycles. The first kappa shape index (κ1) is 44.3. The van der Waals surface area contributed by atoms with Gasteiger partial charge in [0.1, 0.15) is 5.76 Å². The van der Waals surface area contributed by atoms with Crippen molar-refractivity contribution in [1.29, 1.82) is 0 Å². The van der Waals surface area contributed by atoms with Gasteiger partial charge in [-0.3, -0.25) is 9.78 Å². The molecule has 289 valence electrons. The van der Waals surface area contributed by atoms with Gasteiger partial charge in [0.15, 0.2) is 5.78 Å². The average molecular weight is 923 g/mol. The third kappa shape index (κ3) is 9.25. The maximum atomic E-state index is 13.7. The van der Waals surface area contributed by atoms with E-state index >= 15 is 0 Å². The van der Waals surface area contributed by atoms with Crippen molar-refractivity contribution in [2.45, 2.75) is 120 Å². The van der Waals surface area contributed by atoms with Crippen LogP contribution in [0, 0.1) is 22.3 Å². The van der Waals surface area contributed by atoms with E-state index in [-0.39, 0.29) is 54.3 Å². The largest absolute Gasteiger partial charge is 0.512 e. The standard InChI is InChI=1S/C30H27F3NS.C15H28O2.Ir/c1-28(2,3)24-16-20(15-18-9-6-7-11-21(18)24)25-27-23(13-14-34-25)22-12-8-10-19(26(22)35-27)17-29(4,5)30(31,32)33;1-7-14(5,8-2)12(16)11-13(17)15(6,9-3)10-4;/h6-14,16H,17H2,1-5H3;11,16H,7-10H2,1-6H3;/q-1;;/b;12-11-;. The number of halogens is 3. The van der Waals surface area contributed by atoms with Crippen molar-refractivity contribution in [2.24, 2.45) is 16.2 Å². The zero-order chi connectivity index (χ0) is 38.9. The molecular weight excluding hydrogens is 868 g/mol. The van der Waals surface area contributed by atoms with Crippen LogP contribution in [-0.2, 0) is 36.7 Å². The predicted octanol–water partition coefficient (Wildman–Crippen LogP) is 14.1. The molecule has 0 saturated carbocycles. The van der Waals surface area contributed by atoms with Crippen molar-refractivity contribution in [2.75, 3.05) is 0 Å². The number of aliphatic hydroxyl groups is 1. The summed E-state index contributed by atoms with van der Waals surface area (Å²) in [5.74, 6) is 0.286. The third-order valence-corrected chi connectivity index (χ3v) is 12.6. The number of hydrogen-bond donors (Lipinski definition) is 1. The van der Waals surface area contributed by atoms with Crippen molar-refractivity contribution >= 4 is 48.1 Å². The minimum absolute atomic E-state index is 0. The molecular formula is C45H55F3IrNO2S-. The van der Waals surface area contributed by atoms with Crippen molar-refractivity contribution in [3.63, 3.8) is 0 Å². The van der Waals surface area contributed by atoms with Gasteiger partial charge in [-0.05, 0) is 54.5 Å². The normalized spacial score (nSPS) is 13.2. The minimum Gasteiger partial charge on any atom is -0.512 e. The quantitative estimate of drug-likeness (QED) is 0.0863. The number of alkyl halides is 3. The smallest absolute Gasteiger partial charge is 0.394 e. The second-order valence-electron chi connectivity index (χ2n) is 16.3. The summed E-state index contributed by atoms with van der Waals surface area (Å²) in [7, 11) is 0. The first-order valence-corrected chi connectivity index (χ1v) is 19.2. The van der Waals surface area contributed by atoms with E-state index in [0.717, 1.165) is 68.1 Å². The first-order chi connectivity index (χ1) is 24.2. The molecule has 53 heavy (non-hydrogen) atoms. The number of nitrogens with zero attached hydrogens (tertiary/aromatic N) is 1. The Morgan fingerprint density at radius 2 is 1.36 bits per heavy atom. The molecule has 1 N–H and O–H groups in total. The third-order valence-electron chi connectivity index (χ3n) is 11.3. The number of hydrogen-bond acceptors (Lipinski definition) is 4. The molecule has 0 bridgehead atoms. The van der Waals surface area contributed by atoms with Gasteiger partial charge in [-0.2, -0.15) is 13.2 Å². The van der Waals surface area contributed by atoms with Gasteiger partial charge < -0.3 is 5.11 Å². The van der Waals surface area contributed by atoms with Crippen LogP contribution in [0.4, 0.5) is 13.2 Å². The predicted molar refractivity (Wildman–Crippen MR) is 214 cm³/mol. The van der Waals surface area contributed by atoms with E-state index in [1.165, 1.54) is 42.2 Å². The van der Waals surface area contributed by atoms with Gasteiger partial charge in [0, 0.05) is 63.7 Å². The van der Waals surface area contributed by atoms with Gasteiger partial charge in [-0.15, -0.1) is 40.5 Å². The SMILES string of the molecule is CC(C)(C)c1cc(-c2nccc3c2sc2c(CC(C)(C)C(F)(F)F)cccc23)[c-]c2ccccc12.CCC(C)(CC)C(=O)/C=C(\O)C(C)(CC)CC.[Ir]. The van der Waals surface area contributed by atoms with Gasteiger partial charge in [-0.1, -0.05) is 124 Å². The van der Waals surface area contributed by atoms with Crippen LogP contribution in [0.2, 0.25) is 0 Å². The zero-order valence-corrected chi connectivity index (χ0v) is 36.3. The topological polar surface area (TPSA) is 50.2 Å². The maximum absolute atomic E-state index is 13.7. The summed E-state index contributed by atoms with van der Waals surface area (Å²) in [5, 5.41) is 14.3. The van der Waals surface area contributed by atoms with Crippen LogP contribution in [0.15, 0.2) is 72.6 Å². The molecule has 3 aromatic carbocycles. The molecule has 0 amide bonds. The summed E-state index contributed by atoms with van der Waals surface area (Å²) in [5.41, 5.74) is 1.17. The Morgan fingerprint density at radius 3 is 1.92 bits per heavy atom. The summed E-state index contributed by atoms with van der Waals surface area (Å²) in [6.45, 7) is 21.2. The van der Waals surface area contributed by atoms with Crippen molar-refractivity contribution in [1.82, 2.24) is 4.98 Å². The fraction of sp³-hybridized carbons (Fsp3) is 0.467. The fourth-order valence-corrected chi connectivity index (χ4v) is 7.66. The number of carbonyl (C=O) groups is 1. The molecule has 0 atom stereocenters. The Hall–Kier alpha value is -3.06. The van der Waals surface area contributed by atoms with E-state index < -0.39 is 11.6 Å². The van der Waals surface area contributed by atoms with Crippen LogP contribution in [-0.4, -0.2) is 22.1 Å². The number of carbonyl (C=O) groups excluding carboxylic acids is 1. The Kier molecular flexibility index (Phi) is 14.0. The van der Waals surface area contributed by atoms with Gasteiger partial charge >= 0.3 is 6.18 Å². The Bertz CT molecular complexity index is 2080. The van der Waals surface area contributed by atoms with E-state index in [9.17, 15) is 23.1 Å². The molecule has 5 aromatic rings. The Morgan fingerprint density at radius 1 is 0.792 bits per heavy atom. The fourth-order valence-electron chi connectivity index (χ4n) is 6.35. The first-order valence-electron chi connectivity index (χ1n) is 18.4. The summed E-state index contributed by atoms with van der Waals surface area (Å²) in [6.07, 6.45) is 2.20. The number of rotatable bonds is 10. The number of pyridine rings is 1. The number of allylic oxidation sites excluding steroid dienone is 2. The minimum atomic E-state index is -4.28. The summed E-state index contributed by atoms with van der Waals surface area (Å²) in [4.78, 5) is 16.9. The molecule has 2 aromatic heterocycles. The van der Waals surface area contributed by atoms with Gasteiger partial charge in [0.05, 0.1) is 5.41 Å². The molecule has 3 nitrogen and oxygen atoms in total. The van der Waals surface area contributed by atoms with E-state index in [1.807, 2.05) is 77.9 Å². The Labute approximate surface area is 331 Å². The molecule has 0 aliphatic heterocycles. The van der Waals surface area contributed by atoms with Crippen molar-refractivity contribution in [3.8, 4) is 11.3 Å². The molecule has 1 radical (unpaired) electrons. The van der Waals surface area contributed by atoms with E-state index in [2.05, 4.69) is 45.0 Å². The second kappa shape index (κ2) is 16.8. The number of ketones is 1. The molecule has 0 spiro atoms. The van der Waals surface area contributed by atoms with Gasteiger partial charge in [-0.25, -0.2) is 0 Å². The molecule has 0 fully saturated rings. The van der Waals surface area contributed by atoms with E-state index in [0.29, 0.717) is 0 Å². The summed E-state index contributed by atoms with van der Waals surface area (Å²) in [6, 6.07) is 21.6. The number of fused-ring (bicyclic) bond motifs is 4. The number of benzene rings is 3. The molecule has 0 unspecified atom stereocenters. The van der Waals surface area contributed by atoms with Crippen LogP contribution in [0.5, 0.6) is 0 Å². The van der Waals surface area contributed by atoms with Crippen molar-refractivity contribution in [3.05, 3.63) is 89.8 Å². The second-order valence-corrected chi connectivity index (χ2v) is 17.3. The van der Waals surface area contributed by atoms with E-state index in [1.54, 1.807) is 6.20 Å². The monoisotopic (exact) mass is 923 g/mol. The van der Waals surface area contributed by atoms with Crippen LogP contribution < -0.4 is 0 Å². The number of aliphatic hydroxyl groups excluding tert-OH is 1. The number of thiophene rings is 1. The average Bonchev–Trinajstić information content (AvgIpc) is 3.49. The molecule has 0 aliphatic carbocycles. The van der Waals surface area contributed by atoms with E-state index in [4.69, 9.17) is 4.98 Å². The number of aromatic nitrogens is 1. The Balaban J connectivity index is 0.000000359. The maximum Gasteiger partial charge on any atom is 0.394 e. The molecule has 0 aliphatic rings. The molecule has 2 heterocycles. The molecule has 8 heteroatoms. The summed E-state index contributed by atoms with van der Waals surface area (Å²) >= 11 is 1.53. The van der Waals surface area contributed by atoms with Crippen molar-refractivity contribution < 1.29 is 43.2 Å². The van der Waals surface area contributed by atoms with Crippen LogP contribution >= 0.6 is 11.3 Å². The van der Waals surface area contributed by atoms with Crippen LogP contribution in [0.1, 0.15) is 113 Å². The zero-order valence-electron chi connectivity index (χ0n) is 33.1. The molecule has 5 rings (SSSR count). The van der Waals surface area contributed by atoms with Crippen LogP contribution in [0.3, 0.4) is 0 Å². The van der Waals surface area contributed by atoms with Crippen LogP contribution in [0.25, 0.3) is 42.2 Å². The van der Waals surface area contributed by atoms with Gasteiger partial charge in [0.2, 0.25) is 0 Å². The summed E-state index contributed by atoms with van der Waals surface area (Å²) < 4.78 is 42.9.